The lowest BCUT2D eigenvalue weighted by molar-refractivity contribution is -0.122. The summed E-state index contributed by atoms with van der Waals surface area (Å²) in [6.45, 7) is 7.58. The molecule has 1 saturated heterocycles. The first-order valence-electron chi connectivity index (χ1n) is 7.93. The Morgan fingerprint density at radius 1 is 1.19 bits per heavy atom. The molecule has 2 heterocycles. The Labute approximate surface area is 161 Å². The number of imide groups is 1. The van der Waals surface area contributed by atoms with Gasteiger partial charge in [-0.25, -0.2) is 4.79 Å². The molecule has 134 valence electrons. The lowest BCUT2D eigenvalue weighted by Gasteiger charge is -2.12. The fourth-order valence-electron chi connectivity index (χ4n) is 2.98. The highest BCUT2D eigenvalue weighted by Gasteiger charge is 2.32. The van der Waals surface area contributed by atoms with E-state index in [1.54, 1.807) is 24.3 Å². The maximum atomic E-state index is 12.4. The van der Waals surface area contributed by atoms with Gasteiger partial charge in [-0.1, -0.05) is 29.3 Å². The van der Waals surface area contributed by atoms with Crippen molar-refractivity contribution >= 4 is 41.2 Å². The standard InChI is InChI=1S/C19H17Cl2N3O2/c1-4-7-23-18(25)16(22-19(23)26)9-13-8-11(2)24(12(13)3)17-10-14(20)5-6-15(17)21/h4-6,8-10H,1,7H2,2-3H3,(H,22,26)/b16-9+. The van der Waals surface area contributed by atoms with Gasteiger partial charge in [-0.15, -0.1) is 6.58 Å². The summed E-state index contributed by atoms with van der Waals surface area (Å²) in [6.07, 6.45) is 3.17. The molecule has 0 unspecified atom stereocenters. The highest BCUT2D eigenvalue weighted by Crippen LogP contribution is 2.30. The number of urea groups is 1. The molecule has 0 radical (unpaired) electrons. The lowest BCUT2D eigenvalue weighted by Crippen LogP contribution is -2.30. The zero-order valence-corrected chi connectivity index (χ0v) is 15.9. The van der Waals surface area contributed by atoms with Crippen molar-refractivity contribution in [3.63, 3.8) is 0 Å². The molecular formula is C19H17Cl2N3O2. The van der Waals surface area contributed by atoms with E-state index in [0.29, 0.717) is 10.0 Å². The van der Waals surface area contributed by atoms with Crippen molar-refractivity contribution in [1.29, 1.82) is 0 Å². The summed E-state index contributed by atoms with van der Waals surface area (Å²) < 4.78 is 1.96. The molecule has 1 fully saturated rings. The number of nitrogens with one attached hydrogen (secondary N) is 1. The summed E-state index contributed by atoms with van der Waals surface area (Å²) >= 11 is 12.4. The van der Waals surface area contributed by atoms with E-state index in [2.05, 4.69) is 11.9 Å². The molecule has 0 aliphatic carbocycles. The first-order chi connectivity index (χ1) is 12.3. The quantitative estimate of drug-likeness (QED) is 0.476. The van der Waals surface area contributed by atoms with Crippen molar-refractivity contribution in [2.75, 3.05) is 6.54 Å². The number of aryl methyl sites for hydroxylation is 1. The maximum Gasteiger partial charge on any atom is 0.329 e. The van der Waals surface area contributed by atoms with Crippen LogP contribution in [0.5, 0.6) is 0 Å². The predicted octanol–water partition coefficient (Wildman–Crippen LogP) is 4.48. The average Bonchev–Trinajstić information content (AvgIpc) is 3.01. The number of hydrogen-bond donors (Lipinski definition) is 1. The van der Waals surface area contributed by atoms with Gasteiger partial charge in [0, 0.05) is 23.0 Å². The van der Waals surface area contributed by atoms with E-state index in [4.69, 9.17) is 23.2 Å². The monoisotopic (exact) mass is 389 g/mol. The number of nitrogens with zero attached hydrogens (tertiary/aromatic N) is 2. The Morgan fingerprint density at radius 3 is 2.62 bits per heavy atom. The van der Waals surface area contributed by atoms with E-state index in [0.717, 1.165) is 27.5 Å². The van der Waals surface area contributed by atoms with Crippen molar-refractivity contribution in [2.24, 2.45) is 0 Å². The number of rotatable bonds is 4. The fourth-order valence-corrected chi connectivity index (χ4v) is 3.35. The van der Waals surface area contributed by atoms with Crippen LogP contribution >= 0.6 is 23.2 Å². The van der Waals surface area contributed by atoms with E-state index in [1.807, 2.05) is 24.5 Å². The zero-order chi connectivity index (χ0) is 19.0. The summed E-state index contributed by atoms with van der Waals surface area (Å²) in [7, 11) is 0. The third-order valence-electron chi connectivity index (χ3n) is 4.19. The topological polar surface area (TPSA) is 54.3 Å². The number of halogens is 2. The van der Waals surface area contributed by atoms with E-state index in [-0.39, 0.29) is 18.1 Å². The predicted molar refractivity (Wildman–Crippen MR) is 104 cm³/mol. The highest BCUT2D eigenvalue weighted by atomic mass is 35.5. The van der Waals surface area contributed by atoms with Gasteiger partial charge in [-0.05, 0) is 49.8 Å². The second-order valence-electron chi connectivity index (χ2n) is 5.95. The van der Waals surface area contributed by atoms with Crippen LogP contribution in [0, 0.1) is 13.8 Å². The van der Waals surface area contributed by atoms with Crippen LogP contribution in [0.25, 0.3) is 11.8 Å². The molecule has 2 aromatic rings. The number of aromatic nitrogens is 1. The van der Waals surface area contributed by atoms with Crippen molar-refractivity contribution in [3.05, 3.63) is 69.6 Å². The van der Waals surface area contributed by atoms with Crippen molar-refractivity contribution in [1.82, 2.24) is 14.8 Å². The molecule has 26 heavy (non-hydrogen) atoms. The van der Waals surface area contributed by atoms with Gasteiger partial charge in [0.05, 0.1) is 10.7 Å². The molecule has 0 saturated carbocycles. The smallest absolute Gasteiger partial charge is 0.316 e. The van der Waals surface area contributed by atoms with Gasteiger partial charge in [0.2, 0.25) is 0 Å². The molecule has 0 spiro atoms. The van der Waals surface area contributed by atoms with Crippen molar-refractivity contribution in [3.8, 4) is 5.69 Å². The molecular weight excluding hydrogens is 373 g/mol. The summed E-state index contributed by atoms with van der Waals surface area (Å²) in [5, 5.41) is 3.74. The number of amides is 3. The van der Waals surface area contributed by atoms with E-state index in [9.17, 15) is 9.59 Å². The second-order valence-corrected chi connectivity index (χ2v) is 6.79. The SMILES string of the molecule is C=CCN1C(=O)N/C(=C/c2cc(C)n(-c3cc(Cl)ccc3Cl)c2C)C1=O. The van der Waals surface area contributed by atoms with E-state index >= 15 is 0 Å². The molecule has 3 rings (SSSR count). The Balaban J connectivity index is 2.04. The molecule has 1 aliphatic rings. The minimum absolute atomic E-state index is 0.166. The second kappa shape index (κ2) is 7.02. The van der Waals surface area contributed by atoms with Crippen LogP contribution in [0.2, 0.25) is 10.0 Å². The molecule has 3 amide bonds. The fraction of sp³-hybridized carbons (Fsp3) is 0.158. The molecule has 1 aromatic heterocycles. The third-order valence-corrected chi connectivity index (χ3v) is 4.75. The third kappa shape index (κ3) is 3.16. The molecule has 0 atom stereocenters. The Morgan fingerprint density at radius 2 is 1.92 bits per heavy atom. The Bertz CT molecular complexity index is 960. The average molecular weight is 390 g/mol. The number of hydrogen-bond acceptors (Lipinski definition) is 2. The van der Waals surface area contributed by atoms with E-state index < -0.39 is 6.03 Å². The first kappa shape index (κ1) is 18.3. The van der Waals surface area contributed by atoms with Crippen LogP contribution in [-0.4, -0.2) is 28.0 Å². The van der Waals surface area contributed by atoms with Crippen LogP contribution in [0.1, 0.15) is 17.0 Å². The van der Waals surface area contributed by atoms with E-state index in [1.165, 1.54) is 6.08 Å². The molecule has 0 bridgehead atoms. The minimum atomic E-state index is -0.451. The highest BCUT2D eigenvalue weighted by molar-refractivity contribution is 6.34. The summed E-state index contributed by atoms with van der Waals surface area (Å²) in [4.78, 5) is 25.4. The van der Waals surface area contributed by atoms with Crippen LogP contribution in [0.3, 0.4) is 0 Å². The van der Waals surface area contributed by atoms with Gasteiger partial charge in [0.15, 0.2) is 0 Å². The number of carbonyl (C=O) groups is 2. The van der Waals surface area contributed by atoms with Gasteiger partial charge in [0.1, 0.15) is 5.70 Å². The first-order valence-corrected chi connectivity index (χ1v) is 8.69. The lowest BCUT2D eigenvalue weighted by atomic mass is 10.2. The molecule has 5 nitrogen and oxygen atoms in total. The van der Waals surface area contributed by atoms with Crippen LogP contribution in [0.4, 0.5) is 4.79 Å². The summed E-state index contributed by atoms with van der Waals surface area (Å²) in [5.41, 5.74) is 3.60. The van der Waals surface area contributed by atoms with Gasteiger partial charge < -0.3 is 9.88 Å². The van der Waals surface area contributed by atoms with Crippen molar-refractivity contribution in [2.45, 2.75) is 13.8 Å². The van der Waals surface area contributed by atoms with Crippen LogP contribution in [-0.2, 0) is 4.79 Å². The van der Waals surface area contributed by atoms with Gasteiger partial charge in [0.25, 0.3) is 5.91 Å². The van der Waals surface area contributed by atoms with Crippen LogP contribution in [0.15, 0.2) is 42.6 Å². The molecule has 1 aliphatic heterocycles. The maximum absolute atomic E-state index is 12.4. The largest absolute Gasteiger partial charge is 0.329 e. The Hall–Kier alpha value is -2.50. The van der Waals surface area contributed by atoms with Gasteiger partial charge >= 0.3 is 6.03 Å². The Kier molecular flexibility index (Phi) is 4.94. The summed E-state index contributed by atoms with van der Waals surface area (Å²) in [5.74, 6) is -0.375. The summed E-state index contributed by atoms with van der Waals surface area (Å²) in [6, 6.07) is 6.73. The van der Waals surface area contributed by atoms with Gasteiger partial charge in [-0.2, -0.15) is 0 Å². The van der Waals surface area contributed by atoms with Crippen LogP contribution < -0.4 is 5.32 Å². The zero-order valence-electron chi connectivity index (χ0n) is 14.3. The number of benzene rings is 1. The van der Waals surface area contributed by atoms with Gasteiger partial charge in [-0.3, -0.25) is 9.69 Å². The normalized spacial score (nSPS) is 15.7. The van der Waals surface area contributed by atoms with Crippen molar-refractivity contribution < 1.29 is 9.59 Å². The molecule has 1 N–H and O–H groups in total. The minimum Gasteiger partial charge on any atom is -0.316 e. The molecule has 7 heteroatoms. The molecule has 1 aromatic carbocycles. The number of carbonyl (C=O) groups excluding carboxylic acids is 2.